The minimum atomic E-state index is 0.776. The molecule has 0 amide bonds. The van der Waals surface area contributed by atoms with Crippen LogP contribution in [0.15, 0.2) is 42.6 Å². The van der Waals surface area contributed by atoms with Gasteiger partial charge in [0.2, 0.25) is 0 Å². The lowest BCUT2D eigenvalue weighted by atomic mass is 9.84. The summed E-state index contributed by atoms with van der Waals surface area (Å²) in [6.07, 6.45) is 10.3. The molecule has 0 spiro atoms. The second kappa shape index (κ2) is 7.14. The number of hydrogen-bond donors (Lipinski definition) is 0. The predicted molar refractivity (Wildman–Crippen MR) is 101 cm³/mol. The Bertz CT molecular complexity index is 650. The second-order valence-electron chi connectivity index (χ2n) is 7.73. The number of rotatable bonds is 4. The van der Waals surface area contributed by atoms with Gasteiger partial charge in [-0.1, -0.05) is 30.3 Å². The summed E-state index contributed by atoms with van der Waals surface area (Å²) in [5, 5.41) is 0. The lowest BCUT2D eigenvalue weighted by molar-refractivity contribution is 0.203. The molecular weight excluding hydrogens is 292 g/mol. The Labute approximate surface area is 146 Å². The van der Waals surface area contributed by atoms with Gasteiger partial charge in [-0.15, -0.1) is 0 Å². The normalized spacial score (nSPS) is 22.5. The molecule has 2 heterocycles. The van der Waals surface area contributed by atoms with Gasteiger partial charge in [0.15, 0.2) is 0 Å². The summed E-state index contributed by atoms with van der Waals surface area (Å²) in [6, 6.07) is 13.5. The third-order valence-corrected chi connectivity index (χ3v) is 6.30. The molecule has 24 heavy (non-hydrogen) atoms. The lowest BCUT2D eigenvalue weighted by Gasteiger charge is -2.33. The zero-order valence-electron chi connectivity index (χ0n) is 15.0. The molecule has 2 nitrogen and oxygen atoms in total. The maximum Gasteiger partial charge on any atom is 0.0206 e. The van der Waals surface area contributed by atoms with Crippen LogP contribution in [0.25, 0.3) is 0 Å². The highest BCUT2D eigenvalue weighted by molar-refractivity contribution is 5.29. The largest absolute Gasteiger partial charge is 0.354 e. The van der Waals surface area contributed by atoms with Crippen molar-refractivity contribution >= 4 is 0 Å². The van der Waals surface area contributed by atoms with E-state index >= 15 is 0 Å². The SMILES string of the molecule is Cn1ccc2c1CCCC2CCN1CCC(c2ccccc2)CC1. The van der Waals surface area contributed by atoms with E-state index < -0.39 is 0 Å². The summed E-state index contributed by atoms with van der Waals surface area (Å²) in [6.45, 7) is 3.82. The first-order valence-corrected chi connectivity index (χ1v) is 9.72. The number of nitrogens with zero attached hydrogens (tertiary/aromatic N) is 2. The van der Waals surface area contributed by atoms with Gasteiger partial charge in [-0.05, 0) is 87.2 Å². The molecule has 1 unspecified atom stereocenters. The minimum Gasteiger partial charge on any atom is -0.354 e. The van der Waals surface area contributed by atoms with Gasteiger partial charge in [0.05, 0.1) is 0 Å². The van der Waals surface area contributed by atoms with Crippen LogP contribution in [0.2, 0.25) is 0 Å². The van der Waals surface area contributed by atoms with Crippen LogP contribution in [-0.2, 0) is 13.5 Å². The van der Waals surface area contributed by atoms with Gasteiger partial charge in [-0.2, -0.15) is 0 Å². The van der Waals surface area contributed by atoms with E-state index in [1.54, 1.807) is 16.8 Å². The molecule has 1 atom stereocenters. The Balaban J connectivity index is 1.29. The number of aromatic nitrogens is 1. The van der Waals surface area contributed by atoms with Crippen LogP contribution in [0.5, 0.6) is 0 Å². The first kappa shape index (κ1) is 16.0. The molecule has 0 radical (unpaired) electrons. The molecule has 1 aliphatic carbocycles. The maximum atomic E-state index is 2.71. The van der Waals surface area contributed by atoms with Gasteiger partial charge < -0.3 is 9.47 Å². The molecule has 128 valence electrons. The number of aryl methyl sites for hydroxylation is 1. The Morgan fingerprint density at radius 2 is 1.79 bits per heavy atom. The van der Waals surface area contributed by atoms with Gasteiger partial charge >= 0.3 is 0 Å². The van der Waals surface area contributed by atoms with Crippen molar-refractivity contribution in [2.75, 3.05) is 19.6 Å². The van der Waals surface area contributed by atoms with Crippen LogP contribution in [0, 0.1) is 0 Å². The second-order valence-corrected chi connectivity index (χ2v) is 7.73. The fourth-order valence-corrected chi connectivity index (χ4v) is 4.80. The molecule has 0 bridgehead atoms. The summed E-state index contributed by atoms with van der Waals surface area (Å²) in [4.78, 5) is 2.71. The van der Waals surface area contributed by atoms with Crippen LogP contribution >= 0.6 is 0 Å². The van der Waals surface area contributed by atoms with E-state index in [9.17, 15) is 0 Å². The molecule has 0 saturated carbocycles. The predicted octanol–water partition coefficient (Wildman–Crippen LogP) is 4.71. The quantitative estimate of drug-likeness (QED) is 0.791. The molecule has 2 aliphatic rings. The van der Waals surface area contributed by atoms with E-state index in [1.807, 2.05) is 0 Å². The average molecular weight is 322 g/mol. The first-order valence-electron chi connectivity index (χ1n) is 9.72. The van der Waals surface area contributed by atoms with Crippen molar-refractivity contribution < 1.29 is 0 Å². The molecule has 1 aromatic carbocycles. The minimum absolute atomic E-state index is 0.776. The van der Waals surface area contributed by atoms with Crippen molar-refractivity contribution in [2.45, 2.75) is 50.4 Å². The molecule has 1 fully saturated rings. The lowest BCUT2D eigenvalue weighted by Crippen LogP contribution is -2.34. The van der Waals surface area contributed by atoms with E-state index in [2.05, 4.69) is 59.1 Å². The van der Waals surface area contributed by atoms with E-state index in [0.717, 1.165) is 11.8 Å². The zero-order chi connectivity index (χ0) is 16.4. The number of piperidine rings is 1. The molecular formula is C22H30N2. The first-order chi connectivity index (χ1) is 11.8. The van der Waals surface area contributed by atoms with E-state index in [-0.39, 0.29) is 0 Å². The van der Waals surface area contributed by atoms with Crippen molar-refractivity contribution in [2.24, 2.45) is 7.05 Å². The fraction of sp³-hybridized carbons (Fsp3) is 0.545. The van der Waals surface area contributed by atoms with Crippen molar-refractivity contribution in [3.8, 4) is 0 Å². The third-order valence-electron chi connectivity index (χ3n) is 6.30. The van der Waals surface area contributed by atoms with Crippen molar-refractivity contribution in [1.82, 2.24) is 9.47 Å². The summed E-state index contributed by atoms with van der Waals surface area (Å²) >= 11 is 0. The average Bonchev–Trinajstić information content (AvgIpc) is 3.03. The van der Waals surface area contributed by atoms with Crippen molar-refractivity contribution in [3.05, 3.63) is 59.4 Å². The standard InChI is InChI=1S/C22H30N2/c1-23-14-13-21-20(8-5-9-22(21)23)12-17-24-15-10-19(11-16-24)18-6-3-2-4-7-18/h2-4,6-7,13-14,19-20H,5,8-12,15-17H2,1H3. The Morgan fingerprint density at radius 1 is 1.00 bits per heavy atom. The molecule has 0 N–H and O–H groups in total. The zero-order valence-corrected chi connectivity index (χ0v) is 15.0. The highest BCUT2D eigenvalue weighted by Gasteiger charge is 2.24. The van der Waals surface area contributed by atoms with Crippen LogP contribution in [0.1, 0.15) is 60.8 Å². The molecule has 1 aromatic heterocycles. The van der Waals surface area contributed by atoms with Gasteiger partial charge in [-0.25, -0.2) is 0 Å². The number of likely N-dealkylation sites (tertiary alicyclic amines) is 1. The molecule has 2 aromatic rings. The van der Waals surface area contributed by atoms with E-state index in [0.29, 0.717) is 0 Å². The van der Waals surface area contributed by atoms with Crippen LogP contribution in [-0.4, -0.2) is 29.1 Å². The highest BCUT2D eigenvalue weighted by atomic mass is 15.1. The Kier molecular flexibility index (Phi) is 4.75. The van der Waals surface area contributed by atoms with Gasteiger partial charge in [0.25, 0.3) is 0 Å². The molecule has 1 aliphatic heterocycles. The van der Waals surface area contributed by atoms with Crippen molar-refractivity contribution in [3.63, 3.8) is 0 Å². The van der Waals surface area contributed by atoms with Crippen LogP contribution in [0.4, 0.5) is 0 Å². The van der Waals surface area contributed by atoms with E-state index in [4.69, 9.17) is 0 Å². The Hall–Kier alpha value is -1.54. The van der Waals surface area contributed by atoms with Crippen molar-refractivity contribution in [1.29, 1.82) is 0 Å². The Morgan fingerprint density at radius 3 is 2.58 bits per heavy atom. The molecule has 1 saturated heterocycles. The monoisotopic (exact) mass is 322 g/mol. The van der Waals surface area contributed by atoms with Gasteiger partial charge in [-0.3, -0.25) is 0 Å². The van der Waals surface area contributed by atoms with E-state index in [1.165, 1.54) is 58.2 Å². The summed E-state index contributed by atoms with van der Waals surface area (Å²) in [7, 11) is 2.20. The number of hydrogen-bond acceptors (Lipinski definition) is 1. The van der Waals surface area contributed by atoms with Crippen LogP contribution in [0.3, 0.4) is 0 Å². The number of fused-ring (bicyclic) bond motifs is 1. The third kappa shape index (κ3) is 3.30. The number of benzene rings is 1. The van der Waals surface area contributed by atoms with Crippen LogP contribution < -0.4 is 0 Å². The fourth-order valence-electron chi connectivity index (χ4n) is 4.80. The topological polar surface area (TPSA) is 8.17 Å². The summed E-state index contributed by atoms with van der Waals surface area (Å²) in [5.74, 6) is 1.57. The summed E-state index contributed by atoms with van der Waals surface area (Å²) < 4.78 is 2.34. The molecule has 2 heteroatoms. The molecule has 4 rings (SSSR count). The smallest absolute Gasteiger partial charge is 0.0206 e. The summed E-state index contributed by atoms with van der Waals surface area (Å²) in [5.41, 5.74) is 4.77. The van der Waals surface area contributed by atoms with Gasteiger partial charge in [0, 0.05) is 18.9 Å². The van der Waals surface area contributed by atoms with Gasteiger partial charge in [0.1, 0.15) is 0 Å². The maximum absolute atomic E-state index is 2.71. The highest BCUT2D eigenvalue weighted by Crippen LogP contribution is 2.35.